The Morgan fingerprint density at radius 1 is 1.40 bits per heavy atom. The van der Waals surface area contributed by atoms with Crippen LogP contribution >= 0.6 is 0 Å². The molecule has 1 aromatic heterocycles. The van der Waals surface area contributed by atoms with Crippen molar-refractivity contribution in [3.8, 4) is 11.3 Å². The summed E-state index contributed by atoms with van der Waals surface area (Å²) in [6, 6.07) is 8.38. The largest absolute Gasteiger partial charge is 0.347 e. The standard InChI is InChI=1S/C12H15N3/c1-9-4-3-5-10(6-9)12-11(7-13-2)14-8-15-12/h3-6,8,13H,7H2,1-2H3,(H,14,15). The molecule has 0 saturated carbocycles. The maximum atomic E-state index is 4.35. The first-order valence-electron chi connectivity index (χ1n) is 5.05. The summed E-state index contributed by atoms with van der Waals surface area (Å²) in [6.45, 7) is 2.90. The van der Waals surface area contributed by atoms with E-state index >= 15 is 0 Å². The number of nitrogens with zero attached hydrogens (tertiary/aromatic N) is 1. The van der Waals surface area contributed by atoms with Gasteiger partial charge in [-0.3, -0.25) is 0 Å². The number of hydrogen-bond donors (Lipinski definition) is 2. The van der Waals surface area contributed by atoms with E-state index in [1.807, 2.05) is 7.05 Å². The van der Waals surface area contributed by atoms with E-state index < -0.39 is 0 Å². The van der Waals surface area contributed by atoms with Crippen LogP contribution in [0, 0.1) is 6.92 Å². The van der Waals surface area contributed by atoms with E-state index in [2.05, 4.69) is 46.5 Å². The smallest absolute Gasteiger partial charge is 0.0929 e. The molecule has 1 aromatic carbocycles. The minimum atomic E-state index is 0.809. The van der Waals surface area contributed by atoms with Crippen molar-refractivity contribution in [2.45, 2.75) is 13.5 Å². The maximum Gasteiger partial charge on any atom is 0.0929 e. The van der Waals surface area contributed by atoms with Crippen LogP contribution in [0.3, 0.4) is 0 Å². The molecule has 3 nitrogen and oxygen atoms in total. The minimum absolute atomic E-state index is 0.809. The van der Waals surface area contributed by atoms with E-state index in [9.17, 15) is 0 Å². The molecule has 2 aromatic rings. The van der Waals surface area contributed by atoms with Crippen molar-refractivity contribution in [3.05, 3.63) is 41.9 Å². The number of benzene rings is 1. The van der Waals surface area contributed by atoms with Gasteiger partial charge in [0.2, 0.25) is 0 Å². The molecule has 2 rings (SSSR count). The summed E-state index contributed by atoms with van der Waals surface area (Å²) in [5.41, 5.74) is 4.59. The van der Waals surface area contributed by atoms with E-state index in [0.29, 0.717) is 0 Å². The second-order valence-corrected chi connectivity index (χ2v) is 3.63. The fraction of sp³-hybridized carbons (Fsp3) is 0.250. The normalized spacial score (nSPS) is 10.5. The summed E-state index contributed by atoms with van der Waals surface area (Å²) in [4.78, 5) is 7.50. The highest BCUT2D eigenvalue weighted by molar-refractivity contribution is 5.62. The summed E-state index contributed by atoms with van der Waals surface area (Å²) in [7, 11) is 1.93. The number of nitrogens with one attached hydrogen (secondary N) is 2. The van der Waals surface area contributed by atoms with Gasteiger partial charge in [-0.25, -0.2) is 4.98 Å². The fourth-order valence-electron chi connectivity index (χ4n) is 1.67. The zero-order chi connectivity index (χ0) is 10.7. The summed E-state index contributed by atoms with van der Waals surface area (Å²) < 4.78 is 0. The van der Waals surface area contributed by atoms with Gasteiger partial charge in [-0.15, -0.1) is 0 Å². The number of aryl methyl sites for hydroxylation is 1. The number of aromatic amines is 1. The second-order valence-electron chi connectivity index (χ2n) is 3.63. The maximum absolute atomic E-state index is 4.35. The molecule has 0 aliphatic carbocycles. The Hall–Kier alpha value is -1.61. The average molecular weight is 201 g/mol. The first-order chi connectivity index (χ1) is 7.31. The van der Waals surface area contributed by atoms with Gasteiger partial charge in [-0.1, -0.05) is 23.8 Å². The third-order valence-corrected chi connectivity index (χ3v) is 2.36. The van der Waals surface area contributed by atoms with E-state index in [0.717, 1.165) is 17.9 Å². The minimum Gasteiger partial charge on any atom is -0.347 e. The van der Waals surface area contributed by atoms with Crippen LogP contribution in [0.4, 0.5) is 0 Å². The highest BCUT2D eigenvalue weighted by atomic mass is 14.9. The van der Waals surface area contributed by atoms with Gasteiger partial charge in [-0.05, 0) is 20.0 Å². The van der Waals surface area contributed by atoms with Gasteiger partial charge >= 0.3 is 0 Å². The Balaban J connectivity index is 2.40. The first-order valence-corrected chi connectivity index (χ1v) is 5.05. The van der Waals surface area contributed by atoms with Crippen LogP contribution in [-0.2, 0) is 6.54 Å². The van der Waals surface area contributed by atoms with Gasteiger partial charge in [0.1, 0.15) is 0 Å². The highest BCUT2D eigenvalue weighted by Gasteiger charge is 2.06. The molecule has 2 N–H and O–H groups in total. The van der Waals surface area contributed by atoms with E-state index in [-0.39, 0.29) is 0 Å². The number of aromatic nitrogens is 2. The van der Waals surface area contributed by atoms with E-state index in [4.69, 9.17) is 0 Å². The monoisotopic (exact) mass is 201 g/mol. The molecule has 1 heterocycles. The number of imidazole rings is 1. The fourth-order valence-corrected chi connectivity index (χ4v) is 1.67. The Kier molecular flexibility index (Phi) is 2.83. The summed E-state index contributed by atoms with van der Waals surface area (Å²) >= 11 is 0. The van der Waals surface area contributed by atoms with Gasteiger partial charge in [0.25, 0.3) is 0 Å². The van der Waals surface area contributed by atoms with Gasteiger partial charge < -0.3 is 10.3 Å². The number of rotatable bonds is 3. The second kappa shape index (κ2) is 4.28. The lowest BCUT2D eigenvalue weighted by molar-refractivity contribution is 0.798. The van der Waals surface area contributed by atoms with E-state index in [1.54, 1.807) is 6.33 Å². The molecule has 0 amide bonds. The Bertz CT molecular complexity index is 446. The van der Waals surface area contributed by atoms with Gasteiger partial charge in [0.15, 0.2) is 0 Å². The molecule has 0 saturated heterocycles. The molecule has 0 radical (unpaired) electrons. The van der Waals surface area contributed by atoms with Crippen LogP contribution in [-0.4, -0.2) is 17.0 Å². The molecule has 0 aliphatic heterocycles. The molecule has 78 valence electrons. The molecule has 0 bridgehead atoms. The van der Waals surface area contributed by atoms with Crippen LogP contribution in [0.1, 0.15) is 11.3 Å². The summed E-state index contributed by atoms with van der Waals surface area (Å²) in [6.07, 6.45) is 1.74. The van der Waals surface area contributed by atoms with Crippen LogP contribution in [0.5, 0.6) is 0 Å². The molecule has 0 spiro atoms. The van der Waals surface area contributed by atoms with Crippen molar-refractivity contribution >= 4 is 0 Å². The molecule has 0 aliphatic rings. The topological polar surface area (TPSA) is 40.7 Å². The van der Waals surface area contributed by atoms with Gasteiger partial charge in [0.05, 0.1) is 17.7 Å². The van der Waals surface area contributed by atoms with Crippen LogP contribution in [0.15, 0.2) is 30.6 Å². The summed E-state index contributed by atoms with van der Waals surface area (Å²) in [5.74, 6) is 0. The molecule has 15 heavy (non-hydrogen) atoms. The molecule has 0 unspecified atom stereocenters. The van der Waals surface area contributed by atoms with Gasteiger partial charge in [-0.2, -0.15) is 0 Å². The van der Waals surface area contributed by atoms with Crippen LogP contribution in [0.25, 0.3) is 11.3 Å². The number of H-pyrrole nitrogens is 1. The molecule has 0 atom stereocenters. The molecular formula is C12H15N3. The average Bonchev–Trinajstić information content (AvgIpc) is 2.66. The third-order valence-electron chi connectivity index (χ3n) is 2.36. The van der Waals surface area contributed by atoms with Crippen molar-refractivity contribution in [2.24, 2.45) is 0 Å². The quantitative estimate of drug-likeness (QED) is 0.798. The van der Waals surface area contributed by atoms with Crippen molar-refractivity contribution in [3.63, 3.8) is 0 Å². The lowest BCUT2D eigenvalue weighted by atomic mass is 10.1. The molecule has 0 fully saturated rings. The zero-order valence-corrected chi connectivity index (χ0v) is 9.04. The highest BCUT2D eigenvalue weighted by Crippen LogP contribution is 2.20. The predicted octanol–water partition coefficient (Wildman–Crippen LogP) is 2.10. The van der Waals surface area contributed by atoms with Crippen molar-refractivity contribution in [1.29, 1.82) is 0 Å². The Labute approximate surface area is 89.6 Å². The Morgan fingerprint density at radius 3 is 3.00 bits per heavy atom. The van der Waals surface area contributed by atoms with Crippen molar-refractivity contribution in [2.75, 3.05) is 7.05 Å². The lowest BCUT2D eigenvalue weighted by Crippen LogP contribution is -2.06. The lowest BCUT2D eigenvalue weighted by Gasteiger charge is -2.03. The van der Waals surface area contributed by atoms with Crippen LogP contribution < -0.4 is 5.32 Å². The van der Waals surface area contributed by atoms with Crippen molar-refractivity contribution in [1.82, 2.24) is 15.3 Å². The summed E-state index contributed by atoms with van der Waals surface area (Å²) in [5, 5.41) is 3.12. The molecule has 3 heteroatoms. The van der Waals surface area contributed by atoms with Crippen molar-refractivity contribution < 1.29 is 0 Å². The predicted molar refractivity (Wildman–Crippen MR) is 61.5 cm³/mol. The van der Waals surface area contributed by atoms with Crippen LogP contribution in [0.2, 0.25) is 0 Å². The first kappa shape index (κ1) is 9.93. The zero-order valence-electron chi connectivity index (χ0n) is 9.04. The van der Waals surface area contributed by atoms with Gasteiger partial charge in [0, 0.05) is 12.1 Å². The Morgan fingerprint density at radius 2 is 2.27 bits per heavy atom. The van der Waals surface area contributed by atoms with E-state index in [1.165, 1.54) is 11.1 Å². The molecular weight excluding hydrogens is 186 g/mol. The SMILES string of the molecule is CNCc1[nH]cnc1-c1cccc(C)c1. The third kappa shape index (κ3) is 2.07. The number of hydrogen-bond acceptors (Lipinski definition) is 2.